The van der Waals surface area contributed by atoms with Crippen molar-refractivity contribution in [2.45, 2.75) is 62.9 Å². The lowest BCUT2D eigenvalue weighted by atomic mass is 9.99. The van der Waals surface area contributed by atoms with Crippen molar-refractivity contribution in [2.75, 3.05) is 5.75 Å². The number of fused-ring (bicyclic) bond motifs is 1. The van der Waals surface area contributed by atoms with Gasteiger partial charge in [-0.05, 0) is 48.8 Å². The summed E-state index contributed by atoms with van der Waals surface area (Å²) < 4.78 is 13.5. The van der Waals surface area contributed by atoms with Crippen LogP contribution in [0.25, 0.3) is 0 Å². The normalized spacial score (nSPS) is 18.6. The summed E-state index contributed by atoms with van der Waals surface area (Å²) in [6, 6.07) is 6.12. The van der Waals surface area contributed by atoms with Crippen LogP contribution in [0.5, 0.6) is 0 Å². The molecule has 1 heterocycles. The zero-order chi connectivity index (χ0) is 13.7. The van der Waals surface area contributed by atoms with Gasteiger partial charge < -0.3 is 5.32 Å². The number of hydrogen-bond acceptors (Lipinski definition) is 2. The van der Waals surface area contributed by atoms with Crippen LogP contribution < -0.4 is 5.32 Å². The molecule has 1 aromatic carbocycles. The van der Waals surface area contributed by atoms with Crippen molar-refractivity contribution in [1.82, 2.24) is 5.32 Å². The predicted octanol–water partition coefficient (Wildman–Crippen LogP) is 4.92. The first-order valence-electron chi connectivity index (χ1n) is 7.42. The first-order chi connectivity index (χ1) is 9.24. The van der Waals surface area contributed by atoms with Crippen LogP contribution in [0.15, 0.2) is 23.1 Å². The highest BCUT2D eigenvalue weighted by atomic mass is 32.2. The van der Waals surface area contributed by atoms with E-state index in [9.17, 15) is 4.39 Å². The van der Waals surface area contributed by atoms with Crippen molar-refractivity contribution in [1.29, 1.82) is 0 Å². The second-order valence-electron chi connectivity index (χ2n) is 5.31. The van der Waals surface area contributed by atoms with Crippen molar-refractivity contribution < 1.29 is 4.39 Å². The Morgan fingerprint density at radius 3 is 2.74 bits per heavy atom. The molecule has 1 aromatic rings. The fourth-order valence-electron chi connectivity index (χ4n) is 2.83. The second-order valence-corrected chi connectivity index (χ2v) is 6.45. The maximum Gasteiger partial charge on any atom is 0.123 e. The highest BCUT2D eigenvalue weighted by molar-refractivity contribution is 7.99. The fraction of sp³-hybridized carbons (Fsp3) is 0.625. The lowest BCUT2D eigenvalue weighted by Gasteiger charge is -2.30. The van der Waals surface area contributed by atoms with E-state index in [-0.39, 0.29) is 5.82 Å². The molecule has 1 atom stereocenters. The average molecular weight is 281 g/mol. The molecule has 0 amide bonds. The highest BCUT2D eigenvalue weighted by Crippen LogP contribution is 2.37. The quantitative estimate of drug-likeness (QED) is 0.794. The molecule has 2 rings (SSSR count). The Balaban J connectivity index is 2.11. The Hall–Kier alpha value is -0.540. The Kier molecular flexibility index (Phi) is 5.71. The van der Waals surface area contributed by atoms with E-state index >= 15 is 0 Å². The van der Waals surface area contributed by atoms with Crippen molar-refractivity contribution in [3.05, 3.63) is 29.6 Å². The topological polar surface area (TPSA) is 12.0 Å². The van der Waals surface area contributed by atoms with E-state index < -0.39 is 0 Å². The first kappa shape index (κ1) is 14.9. The Labute approximate surface area is 120 Å². The van der Waals surface area contributed by atoms with Crippen LogP contribution in [-0.4, -0.2) is 11.8 Å². The van der Waals surface area contributed by atoms with Gasteiger partial charge in [0.15, 0.2) is 0 Å². The van der Waals surface area contributed by atoms with Crippen molar-refractivity contribution in [3.8, 4) is 0 Å². The van der Waals surface area contributed by atoms with Gasteiger partial charge in [0.1, 0.15) is 5.82 Å². The molecular formula is C16H24FNS. The number of nitrogens with one attached hydrogen (secondary N) is 1. The Morgan fingerprint density at radius 2 is 2.05 bits per heavy atom. The predicted molar refractivity (Wildman–Crippen MR) is 81.2 cm³/mol. The number of thioether (sulfide) groups is 1. The molecule has 106 valence electrons. The second kappa shape index (κ2) is 7.30. The molecule has 3 heteroatoms. The minimum Gasteiger partial charge on any atom is -0.307 e. The largest absolute Gasteiger partial charge is 0.307 e. The smallest absolute Gasteiger partial charge is 0.123 e. The summed E-state index contributed by atoms with van der Waals surface area (Å²) in [6.07, 6.45) is 5.93. The fourth-order valence-corrected chi connectivity index (χ4v) is 3.94. The lowest BCUT2D eigenvalue weighted by Crippen LogP contribution is -2.34. The molecule has 1 aliphatic rings. The maximum absolute atomic E-state index is 13.5. The third-order valence-electron chi connectivity index (χ3n) is 3.72. The number of benzene rings is 1. The molecule has 0 spiro atoms. The van der Waals surface area contributed by atoms with E-state index in [1.807, 2.05) is 17.8 Å². The zero-order valence-electron chi connectivity index (χ0n) is 11.9. The van der Waals surface area contributed by atoms with Crippen LogP contribution in [0.2, 0.25) is 0 Å². The van der Waals surface area contributed by atoms with Gasteiger partial charge in [0.05, 0.1) is 0 Å². The Bertz CT molecular complexity index is 402. The van der Waals surface area contributed by atoms with Gasteiger partial charge in [0.25, 0.3) is 0 Å². The van der Waals surface area contributed by atoms with Crippen LogP contribution in [-0.2, 0) is 0 Å². The summed E-state index contributed by atoms with van der Waals surface area (Å²) in [5, 5.41) is 3.76. The molecule has 0 saturated heterocycles. The SMILES string of the molecule is CCCC(CCC)NC1CCSc2ccc(F)cc21. The zero-order valence-corrected chi connectivity index (χ0v) is 12.7. The van der Waals surface area contributed by atoms with Gasteiger partial charge in [-0.2, -0.15) is 0 Å². The molecule has 0 fully saturated rings. The summed E-state index contributed by atoms with van der Waals surface area (Å²) >= 11 is 1.85. The molecule has 0 saturated carbocycles. The lowest BCUT2D eigenvalue weighted by molar-refractivity contribution is 0.378. The third-order valence-corrected chi connectivity index (χ3v) is 4.85. The van der Waals surface area contributed by atoms with Crippen LogP contribution in [0, 0.1) is 5.82 Å². The van der Waals surface area contributed by atoms with Crippen LogP contribution in [0.3, 0.4) is 0 Å². The van der Waals surface area contributed by atoms with Gasteiger partial charge in [-0.1, -0.05) is 26.7 Å². The van der Waals surface area contributed by atoms with Crippen LogP contribution in [0.4, 0.5) is 4.39 Å². The summed E-state index contributed by atoms with van der Waals surface area (Å²) in [5.74, 6) is 1.01. The summed E-state index contributed by atoms with van der Waals surface area (Å²) in [5.41, 5.74) is 1.16. The Morgan fingerprint density at radius 1 is 1.32 bits per heavy atom. The summed E-state index contributed by atoms with van der Waals surface area (Å²) in [6.45, 7) is 4.46. The van der Waals surface area contributed by atoms with Crippen molar-refractivity contribution >= 4 is 11.8 Å². The standard InChI is InChI=1S/C16H24FNS/c1-3-5-13(6-4-2)18-15-9-10-19-16-8-7-12(17)11-14(15)16/h7-8,11,13,15,18H,3-6,9-10H2,1-2H3. The molecule has 1 unspecified atom stereocenters. The van der Waals surface area contributed by atoms with Crippen molar-refractivity contribution in [2.24, 2.45) is 0 Å². The van der Waals surface area contributed by atoms with Gasteiger partial charge in [-0.3, -0.25) is 0 Å². The van der Waals surface area contributed by atoms with E-state index in [0.29, 0.717) is 12.1 Å². The molecule has 1 N–H and O–H groups in total. The molecule has 1 aliphatic heterocycles. The summed E-state index contributed by atoms with van der Waals surface area (Å²) in [7, 11) is 0. The monoisotopic (exact) mass is 281 g/mol. The highest BCUT2D eigenvalue weighted by Gasteiger charge is 2.23. The molecular weight excluding hydrogens is 257 g/mol. The van der Waals surface area contributed by atoms with Crippen LogP contribution >= 0.6 is 11.8 Å². The van der Waals surface area contributed by atoms with Gasteiger partial charge in [0, 0.05) is 17.0 Å². The maximum atomic E-state index is 13.5. The first-order valence-corrected chi connectivity index (χ1v) is 8.41. The van der Waals surface area contributed by atoms with E-state index in [2.05, 4.69) is 19.2 Å². The van der Waals surface area contributed by atoms with E-state index in [4.69, 9.17) is 0 Å². The number of hydrogen-bond donors (Lipinski definition) is 1. The minimum absolute atomic E-state index is 0.115. The van der Waals surface area contributed by atoms with E-state index in [1.54, 1.807) is 12.1 Å². The molecule has 0 bridgehead atoms. The molecule has 0 radical (unpaired) electrons. The molecule has 0 aliphatic carbocycles. The van der Waals surface area contributed by atoms with E-state index in [1.165, 1.54) is 30.6 Å². The third kappa shape index (κ3) is 3.96. The van der Waals surface area contributed by atoms with Crippen molar-refractivity contribution in [3.63, 3.8) is 0 Å². The van der Waals surface area contributed by atoms with Gasteiger partial charge >= 0.3 is 0 Å². The molecule has 19 heavy (non-hydrogen) atoms. The van der Waals surface area contributed by atoms with E-state index in [0.717, 1.165) is 17.7 Å². The molecule has 1 nitrogen and oxygen atoms in total. The number of rotatable bonds is 6. The average Bonchev–Trinajstić information content (AvgIpc) is 2.40. The number of halogens is 1. The van der Waals surface area contributed by atoms with Gasteiger partial charge in [0.2, 0.25) is 0 Å². The van der Waals surface area contributed by atoms with Crippen LogP contribution in [0.1, 0.15) is 57.6 Å². The minimum atomic E-state index is -0.115. The van der Waals surface area contributed by atoms with Gasteiger partial charge in [-0.15, -0.1) is 11.8 Å². The molecule has 0 aromatic heterocycles. The van der Waals surface area contributed by atoms with Gasteiger partial charge in [-0.25, -0.2) is 4.39 Å². The summed E-state index contributed by atoms with van der Waals surface area (Å²) in [4.78, 5) is 1.25.